The molecule has 6 heteroatoms. The first-order chi connectivity index (χ1) is 8.51. The molecule has 0 aromatic carbocycles. The van der Waals surface area contributed by atoms with E-state index in [9.17, 15) is 4.80 Å². The molecule has 0 aliphatic carbocycles. The van der Waals surface area contributed by atoms with Gasteiger partial charge in [0.15, 0.2) is 5.91 Å². The zero-order valence-corrected chi connectivity index (χ0v) is 12.9. The van der Waals surface area contributed by atoms with E-state index >= 15 is 0 Å². The van der Waals surface area contributed by atoms with Crippen LogP contribution in [0, 0.1) is 6.92 Å². The number of rotatable bonds is 8. The molecule has 1 heterocycles. The quantitative estimate of drug-likeness (QED) is 0.394. The van der Waals surface area contributed by atoms with Gasteiger partial charge in [-0.3, -0.25) is 0 Å². The van der Waals surface area contributed by atoms with Crippen molar-refractivity contribution in [1.82, 2.24) is 0 Å². The lowest BCUT2D eigenvalue weighted by Gasteiger charge is -2.29. The van der Waals surface area contributed by atoms with Gasteiger partial charge in [0.05, 0.1) is 12.7 Å². The predicted molar refractivity (Wildman–Crippen MR) is 74.5 cm³/mol. The summed E-state index contributed by atoms with van der Waals surface area (Å²) in [6.45, 7) is 11.8. The van der Waals surface area contributed by atoms with Gasteiger partial charge in [0.2, 0.25) is 8.32 Å². The third-order valence-electron chi connectivity index (χ3n) is 2.39. The van der Waals surface area contributed by atoms with Crippen LogP contribution in [0.5, 0.6) is 0 Å². The molecule has 1 aliphatic heterocycles. The summed E-state index contributed by atoms with van der Waals surface area (Å²) in [5.74, 6) is -0.415. The van der Waals surface area contributed by atoms with Crippen molar-refractivity contribution in [3.63, 3.8) is 0 Å². The van der Waals surface area contributed by atoms with Crippen molar-refractivity contribution in [2.45, 2.75) is 44.9 Å². The van der Waals surface area contributed by atoms with E-state index in [2.05, 4.69) is 6.92 Å². The molecule has 0 aromatic rings. The lowest BCUT2D eigenvalue weighted by Crippen LogP contribution is -2.49. The highest BCUT2D eigenvalue weighted by molar-refractivity contribution is 6.72. The largest absolute Gasteiger partial charge is 0.427 e. The molecule has 0 amide bonds. The van der Waals surface area contributed by atoms with Crippen molar-refractivity contribution in [2.75, 3.05) is 26.4 Å². The van der Waals surface area contributed by atoms with Gasteiger partial charge in [-0.15, -0.1) is 0 Å². The van der Waals surface area contributed by atoms with Crippen LogP contribution in [0.15, 0.2) is 0 Å². The summed E-state index contributed by atoms with van der Waals surface area (Å²) in [6, 6.07) is 0.706. The Labute approximate surface area is 112 Å². The molecular weight excluding hydrogens is 250 g/mol. The van der Waals surface area contributed by atoms with Crippen LogP contribution in [0.2, 0.25) is 12.6 Å². The summed E-state index contributed by atoms with van der Waals surface area (Å²) in [5.41, 5.74) is 4.97. The molecule has 109 valence electrons. The Morgan fingerprint density at radius 1 is 1.44 bits per heavy atom. The highest BCUT2D eigenvalue weighted by atomic mass is 28.4. The van der Waals surface area contributed by atoms with E-state index in [0.717, 1.165) is 13.0 Å². The van der Waals surface area contributed by atoms with E-state index in [0.29, 0.717) is 25.8 Å². The molecular formula is C12H28NO4Si. The maximum absolute atomic E-state index is 10.3. The van der Waals surface area contributed by atoms with Crippen LogP contribution in [-0.2, 0) is 14.2 Å². The van der Waals surface area contributed by atoms with Gasteiger partial charge >= 0.3 is 0 Å². The summed E-state index contributed by atoms with van der Waals surface area (Å²) in [5, 5.41) is 0. The van der Waals surface area contributed by atoms with Gasteiger partial charge in [0, 0.05) is 13.2 Å². The maximum Gasteiger partial charge on any atom is 0.249 e. The van der Waals surface area contributed by atoms with Crippen molar-refractivity contribution in [3.05, 3.63) is 6.92 Å². The summed E-state index contributed by atoms with van der Waals surface area (Å²) in [6.07, 6.45) is 1.08. The summed E-state index contributed by atoms with van der Waals surface area (Å²) < 4.78 is 15.9. The van der Waals surface area contributed by atoms with Crippen LogP contribution in [0.25, 0.3) is 0 Å². The van der Waals surface area contributed by atoms with Crippen molar-refractivity contribution >= 4 is 8.32 Å². The van der Waals surface area contributed by atoms with Crippen LogP contribution in [0.4, 0.5) is 0 Å². The average Bonchev–Trinajstić information content (AvgIpc) is 3.12. The highest BCUT2D eigenvalue weighted by Gasteiger charge is 2.43. The van der Waals surface area contributed by atoms with E-state index in [1.165, 1.54) is 0 Å². The van der Waals surface area contributed by atoms with Gasteiger partial charge in [-0.05, 0) is 39.4 Å². The molecule has 3 N–H and O–H groups in total. The van der Waals surface area contributed by atoms with Gasteiger partial charge in [0.25, 0.3) is 0 Å². The minimum atomic E-state index is -2.44. The second kappa shape index (κ2) is 9.88. The van der Waals surface area contributed by atoms with Gasteiger partial charge in [0.1, 0.15) is 0 Å². The number of epoxide rings is 1. The first-order valence-electron chi connectivity index (χ1n) is 6.58. The number of hydrogen-bond acceptors (Lipinski definition) is 5. The Morgan fingerprint density at radius 2 is 1.89 bits per heavy atom. The maximum atomic E-state index is 10.3. The fraction of sp³-hybridized carbons (Fsp3) is 0.917. The zero-order valence-electron chi connectivity index (χ0n) is 11.9. The first kappa shape index (κ1) is 18.0. The standard InChI is InChI=1S/C9H20O4Si.C3H8N/c1-4-11-9(12-5-2)14(3,10)7-8-6-13-8;1-2-3-4/h8-10H,4-7H2,1-3H3;1-4H2. The molecule has 0 aromatic heterocycles. The topological polar surface area (TPSA) is 77.2 Å². The van der Waals surface area contributed by atoms with Crippen LogP contribution in [0.3, 0.4) is 0 Å². The van der Waals surface area contributed by atoms with Gasteiger partial charge < -0.3 is 24.7 Å². The Bertz CT molecular complexity index is 193. The van der Waals surface area contributed by atoms with E-state index in [1.807, 2.05) is 20.4 Å². The summed E-state index contributed by atoms with van der Waals surface area (Å²) >= 11 is 0. The second-order valence-electron chi connectivity index (χ2n) is 4.40. The molecule has 2 atom stereocenters. The molecule has 5 nitrogen and oxygen atoms in total. The Kier molecular flexibility index (Phi) is 9.89. The molecule has 0 saturated carbocycles. The van der Waals surface area contributed by atoms with Crippen molar-refractivity contribution < 1.29 is 19.0 Å². The molecule has 1 fully saturated rings. The molecule has 18 heavy (non-hydrogen) atoms. The fourth-order valence-electron chi connectivity index (χ4n) is 1.45. The van der Waals surface area contributed by atoms with Gasteiger partial charge in [-0.25, -0.2) is 0 Å². The van der Waals surface area contributed by atoms with E-state index in [-0.39, 0.29) is 6.10 Å². The van der Waals surface area contributed by atoms with Crippen LogP contribution in [0.1, 0.15) is 20.3 Å². The molecule has 2 unspecified atom stereocenters. The monoisotopic (exact) mass is 278 g/mol. The number of hydrogen-bond donors (Lipinski definition) is 2. The van der Waals surface area contributed by atoms with Gasteiger partial charge in [-0.2, -0.15) is 0 Å². The fourth-order valence-corrected chi connectivity index (χ4v) is 3.85. The zero-order chi connectivity index (χ0) is 14.0. The van der Waals surface area contributed by atoms with Crippen LogP contribution < -0.4 is 5.73 Å². The highest BCUT2D eigenvalue weighted by Crippen LogP contribution is 2.25. The van der Waals surface area contributed by atoms with Crippen molar-refractivity contribution in [3.8, 4) is 0 Å². The van der Waals surface area contributed by atoms with E-state index in [4.69, 9.17) is 19.9 Å². The van der Waals surface area contributed by atoms with Crippen molar-refractivity contribution in [1.29, 1.82) is 0 Å². The lowest BCUT2D eigenvalue weighted by atomic mass is 10.5. The smallest absolute Gasteiger partial charge is 0.249 e. The Morgan fingerprint density at radius 3 is 2.17 bits per heavy atom. The van der Waals surface area contributed by atoms with E-state index < -0.39 is 14.2 Å². The first-order valence-corrected chi connectivity index (χ1v) is 9.31. The van der Waals surface area contributed by atoms with Crippen LogP contribution >= 0.6 is 0 Å². The normalized spacial score (nSPS) is 21.2. The average molecular weight is 278 g/mol. The third kappa shape index (κ3) is 8.18. The Balaban J connectivity index is 0.000000631. The SMILES string of the molecule is CCOC(OCC)[Si](C)(O)CC1CO1.[CH2]CCN. The number of nitrogens with two attached hydrogens (primary N) is 1. The predicted octanol–water partition coefficient (Wildman–Crippen LogP) is 1.06. The van der Waals surface area contributed by atoms with Crippen molar-refractivity contribution in [2.24, 2.45) is 5.73 Å². The Hall–Kier alpha value is 0.0169. The third-order valence-corrected chi connectivity index (χ3v) is 5.02. The lowest BCUT2D eigenvalue weighted by molar-refractivity contribution is -0.0961. The molecule has 1 saturated heterocycles. The summed E-state index contributed by atoms with van der Waals surface area (Å²) in [7, 11) is -2.44. The molecule has 1 aliphatic rings. The summed E-state index contributed by atoms with van der Waals surface area (Å²) in [4.78, 5) is 10.3. The molecule has 1 rings (SSSR count). The number of ether oxygens (including phenoxy) is 3. The van der Waals surface area contributed by atoms with Crippen LogP contribution in [-0.4, -0.2) is 51.5 Å². The molecule has 0 spiro atoms. The molecule has 0 bridgehead atoms. The second-order valence-corrected chi connectivity index (χ2v) is 8.00. The van der Waals surface area contributed by atoms with Gasteiger partial charge in [-0.1, -0.05) is 6.92 Å². The van der Waals surface area contributed by atoms with E-state index in [1.54, 1.807) is 0 Å². The molecule has 1 radical (unpaired) electrons. The minimum absolute atomic E-state index is 0.236. The minimum Gasteiger partial charge on any atom is -0.427 e.